The number of anilines is 1. The fourth-order valence-corrected chi connectivity index (χ4v) is 5.00. The summed E-state index contributed by atoms with van der Waals surface area (Å²) in [6.07, 6.45) is 3.39. The molecule has 0 saturated carbocycles. The van der Waals surface area contributed by atoms with Crippen molar-refractivity contribution in [3.63, 3.8) is 0 Å². The minimum atomic E-state index is -0.662. The minimum Gasteiger partial charge on any atom is -0.454 e. The van der Waals surface area contributed by atoms with Crippen LogP contribution in [0.15, 0.2) is 41.4 Å². The molecule has 3 aliphatic rings. The van der Waals surface area contributed by atoms with Crippen molar-refractivity contribution in [3.05, 3.63) is 53.1 Å². The molecule has 37 heavy (non-hydrogen) atoms. The average molecular weight is 505 g/mol. The summed E-state index contributed by atoms with van der Waals surface area (Å²) in [5, 5.41) is 5.93. The second kappa shape index (κ2) is 10.6. The maximum atomic E-state index is 13.3. The summed E-state index contributed by atoms with van der Waals surface area (Å²) in [5.74, 6) is 0.359. The van der Waals surface area contributed by atoms with Gasteiger partial charge in [-0.15, -0.1) is 0 Å². The number of Topliss-reactive ketones (excluding diaryl/α,β-unsaturated/α-hetero) is 1. The normalized spacial score (nSPS) is 19.0. The molecule has 1 atom stereocenters. The molecule has 2 aromatic rings. The van der Waals surface area contributed by atoms with E-state index in [1.807, 2.05) is 23.1 Å². The summed E-state index contributed by atoms with van der Waals surface area (Å²) in [4.78, 5) is 44.8. The van der Waals surface area contributed by atoms with Crippen molar-refractivity contribution in [1.82, 2.24) is 10.2 Å². The van der Waals surface area contributed by atoms with Crippen molar-refractivity contribution in [3.8, 4) is 11.5 Å². The molecule has 3 heterocycles. The van der Waals surface area contributed by atoms with Gasteiger partial charge in [-0.1, -0.05) is 13.3 Å². The first-order valence-electron chi connectivity index (χ1n) is 12.9. The van der Waals surface area contributed by atoms with E-state index in [9.17, 15) is 14.4 Å². The van der Waals surface area contributed by atoms with Gasteiger partial charge < -0.3 is 25.0 Å². The fraction of sp³-hybridized carbons (Fsp3) is 0.429. The number of carbonyl (C=O) groups is 3. The van der Waals surface area contributed by atoms with Crippen LogP contribution in [0, 0.1) is 0 Å². The summed E-state index contributed by atoms with van der Waals surface area (Å²) in [6.45, 7) is 5.64. The maximum absolute atomic E-state index is 13.3. The third kappa shape index (κ3) is 5.16. The van der Waals surface area contributed by atoms with Crippen LogP contribution in [0.2, 0.25) is 0 Å². The average Bonchev–Trinajstić information content (AvgIpc) is 3.50. The Bertz CT molecular complexity index is 1250. The largest absolute Gasteiger partial charge is 0.454 e. The number of fused-ring (bicyclic) bond motifs is 2. The quantitative estimate of drug-likeness (QED) is 0.335. The zero-order chi connectivity index (χ0) is 25.9. The van der Waals surface area contributed by atoms with E-state index in [2.05, 4.69) is 17.6 Å². The molecule has 1 fully saturated rings. The van der Waals surface area contributed by atoms with Gasteiger partial charge in [-0.2, -0.15) is 0 Å². The monoisotopic (exact) mass is 504 g/mol. The van der Waals surface area contributed by atoms with Crippen molar-refractivity contribution in [2.24, 2.45) is 4.99 Å². The van der Waals surface area contributed by atoms with Crippen LogP contribution < -0.4 is 20.1 Å². The molecule has 1 unspecified atom stereocenters. The van der Waals surface area contributed by atoms with Crippen molar-refractivity contribution < 1.29 is 23.9 Å². The van der Waals surface area contributed by atoms with Crippen LogP contribution in [-0.2, 0) is 4.79 Å². The molecule has 3 amide bonds. The number of hydrogen-bond donors (Lipinski definition) is 2. The summed E-state index contributed by atoms with van der Waals surface area (Å²) >= 11 is 0. The SMILES string of the molecule is CCCCNC(=O)N1CCC(N=C(c2ccc3c(c2)OCO3)C2C(=O)Nc3ccc(C(C)=O)cc32)CC1. The molecule has 0 bridgehead atoms. The van der Waals surface area contributed by atoms with Gasteiger partial charge in [0, 0.05) is 36.4 Å². The summed E-state index contributed by atoms with van der Waals surface area (Å²) in [6, 6.07) is 10.8. The number of nitrogens with one attached hydrogen (secondary N) is 2. The Morgan fingerprint density at radius 2 is 1.84 bits per heavy atom. The molecule has 194 valence electrons. The van der Waals surface area contributed by atoms with E-state index in [4.69, 9.17) is 14.5 Å². The molecule has 9 nitrogen and oxygen atoms in total. The summed E-state index contributed by atoms with van der Waals surface area (Å²) < 4.78 is 11.1. The van der Waals surface area contributed by atoms with Gasteiger partial charge >= 0.3 is 6.03 Å². The van der Waals surface area contributed by atoms with E-state index in [1.54, 1.807) is 18.2 Å². The third-order valence-corrected chi connectivity index (χ3v) is 7.11. The molecule has 2 N–H and O–H groups in total. The fourth-order valence-electron chi connectivity index (χ4n) is 5.00. The lowest BCUT2D eigenvalue weighted by molar-refractivity contribution is -0.115. The predicted octanol–water partition coefficient (Wildman–Crippen LogP) is 4.12. The Hall–Kier alpha value is -3.88. The van der Waals surface area contributed by atoms with Crippen LogP contribution in [0.3, 0.4) is 0 Å². The van der Waals surface area contributed by atoms with Crippen LogP contribution in [-0.4, -0.2) is 60.8 Å². The number of hydrogen-bond acceptors (Lipinski definition) is 6. The number of benzene rings is 2. The zero-order valence-corrected chi connectivity index (χ0v) is 21.2. The minimum absolute atomic E-state index is 0.0345. The standard InChI is InChI=1S/C28H32N4O5/c1-3-4-11-29-28(35)32-12-9-20(10-13-32)30-26(19-6-8-23-24(15-19)37-16-36-23)25-21-14-18(17(2)33)5-7-22(21)31-27(25)34/h5-8,14-15,20,25H,3-4,9-13,16H2,1-2H3,(H,29,35)(H,31,34). The van der Waals surface area contributed by atoms with Crippen LogP contribution in [0.5, 0.6) is 11.5 Å². The lowest BCUT2D eigenvalue weighted by Crippen LogP contribution is -2.45. The molecule has 1 saturated heterocycles. The second-order valence-corrected chi connectivity index (χ2v) is 9.67. The highest BCUT2D eigenvalue weighted by atomic mass is 16.7. The van der Waals surface area contributed by atoms with E-state index in [0.29, 0.717) is 60.9 Å². The lowest BCUT2D eigenvalue weighted by atomic mass is 9.88. The molecular weight excluding hydrogens is 472 g/mol. The number of likely N-dealkylation sites (tertiary alicyclic amines) is 1. The number of aliphatic imine (C=N–C) groups is 1. The molecule has 0 spiro atoms. The first kappa shape index (κ1) is 24.8. The van der Waals surface area contributed by atoms with E-state index < -0.39 is 5.92 Å². The van der Waals surface area contributed by atoms with Crippen molar-refractivity contribution >= 4 is 29.1 Å². The van der Waals surface area contributed by atoms with Gasteiger partial charge in [0.05, 0.1) is 11.8 Å². The van der Waals surface area contributed by atoms with Crippen LogP contribution >= 0.6 is 0 Å². The highest BCUT2D eigenvalue weighted by Gasteiger charge is 2.37. The lowest BCUT2D eigenvalue weighted by Gasteiger charge is -2.31. The van der Waals surface area contributed by atoms with Gasteiger partial charge in [-0.25, -0.2) is 4.79 Å². The number of unbranched alkanes of at least 4 members (excludes halogenated alkanes) is 1. The number of urea groups is 1. The Balaban J connectivity index is 1.44. The molecule has 0 radical (unpaired) electrons. The van der Waals surface area contributed by atoms with E-state index in [0.717, 1.165) is 24.0 Å². The highest BCUT2D eigenvalue weighted by Crippen LogP contribution is 2.39. The van der Waals surface area contributed by atoms with Crippen molar-refractivity contribution in [2.75, 3.05) is 31.7 Å². The Morgan fingerprint density at radius 3 is 2.59 bits per heavy atom. The number of amides is 3. The molecule has 3 aliphatic heterocycles. The molecule has 2 aromatic carbocycles. The first-order chi connectivity index (χ1) is 17.9. The number of piperidine rings is 1. The predicted molar refractivity (Wildman–Crippen MR) is 140 cm³/mol. The Kier molecular flexibility index (Phi) is 7.12. The topological polar surface area (TPSA) is 109 Å². The first-order valence-corrected chi connectivity index (χ1v) is 12.9. The van der Waals surface area contributed by atoms with Crippen molar-refractivity contribution in [1.29, 1.82) is 0 Å². The Labute approximate surface area is 216 Å². The number of ether oxygens (including phenoxy) is 2. The molecule has 0 aromatic heterocycles. The smallest absolute Gasteiger partial charge is 0.317 e. The van der Waals surface area contributed by atoms with Crippen LogP contribution in [0.1, 0.15) is 66.9 Å². The van der Waals surface area contributed by atoms with Crippen molar-refractivity contribution in [2.45, 2.75) is 51.5 Å². The van der Waals surface area contributed by atoms with E-state index in [1.165, 1.54) is 6.92 Å². The summed E-state index contributed by atoms with van der Waals surface area (Å²) in [5.41, 5.74) is 3.37. The number of ketones is 1. The zero-order valence-electron chi connectivity index (χ0n) is 21.2. The molecule has 0 aliphatic carbocycles. The number of carbonyl (C=O) groups excluding carboxylic acids is 3. The summed E-state index contributed by atoms with van der Waals surface area (Å²) in [7, 11) is 0. The van der Waals surface area contributed by atoms with Crippen LogP contribution in [0.25, 0.3) is 0 Å². The van der Waals surface area contributed by atoms with E-state index >= 15 is 0 Å². The van der Waals surface area contributed by atoms with Gasteiger partial charge in [-0.05, 0) is 68.1 Å². The maximum Gasteiger partial charge on any atom is 0.317 e. The molecule has 9 heteroatoms. The third-order valence-electron chi connectivity index (χ3n) is 7.11. The Morgan fingerprint density at radius 1 is 1.08 bits per heavy atom. The number of nitrogens with zero attached hydrogens (tertiary/aromatic N) is 2. The number of rotatable bonds is 7. The van der Waals surface area contributed by atoms with Gasteiger partial charge in [0.15, 0.2) is 17.3 Å². The van der Waals surface area contributed by atoms with E-state index in [-0.39, 0.29) is 30.6 Å². The molecule has 5 rings (SSSR count). The van der Waals surface area contributed by atoms with Gasteiger partial charge in [-0.3, -0.25) is 14.6 Å². The van der Waals surface area contributed by atoms with Gasteiger partial charge in [0.1, 0.15) is 5.92 Å². The second-order valence-electron chi connectivity index (χ2n) is 9.67. The molecular formula is C28H32N4O5. The highest BCUT2D eigenvalue weighted by molar-refractivity contribution is 6.24. The van der Waals surface area contributed by atoms with Gasteiger partial charge in [0.25, 0.3) is 0 Å². The van der Waals surface area contributed by atoms with Gasteiger partial charge in [0.2, 0.25) is 12.7 Å². The van der Waals surface area contributed by atoms with Crippen LogP contribution in [0.4, 0.5) is 10.5 Å².